The van der Waals surface area contributed by atoms with Gasteiger partial charge in [-0.1, -0.05) is 0 Å². The van der Waals surface area contributed by atoms with Crippen molar-refractivity contribution in [2.24, 2.45) is 0 Å². The minimum atomic E-state index is -1.78. The third-order valence-electron chi connectivity index (χ3n) is 0.774. The van der Waals surface area contributed by atoms with E-state index in [1.807, 2.05) is 6.55 Å². The van der Waals surface area contributed by atoms with Gasteiger partial charge in [0.05, 0.1) is 0 Å². The van der Waals surface area contributed by atoms with Crippen molar-refractivity contribution in [3.8, 4) is 0 Å². The predicted molar refractivity (Wildman–Crippen MR) is 46.6 cm³/mol. The van der Waals surface area contributed by atoms with Crippen LogP contribution in [0.1, 0.15) is 6.42 Å². The molecule has 0 amide bonds. The summed E-state index contributed by atoms with van der Waals surface area (Å²) in [7, 11) is 0. The summed E-state index contributed by atoms with van der Waals surface area (Å²) in [6.07, 6.45) is 1.04. The van der Waals surface area contributed by atoms with E-state index in [2.05, 4.69) is 12.6 Å². The Bertz CT molecular complexity index is 61.5. The fourth-order valence-electron chi connectivity index (χ4n) is 0.389. The van der Waals surface area contributed by atoms with Gasteiger partial charge in [0.25, 0.3) is 0 Å². The fourth-order valence-corrected chi connectivity index (χ4v) is 2.44. The van der Waals surface area contributed by atoms with Crippen LogP contribution in [0.5, 0.6) is 0 Å². The van der Waals surface area contributed by atoms with E-state index in [0.29, 0.717) is 0 Å². The molecular formula is C4H10Cl2SSi. The SMILES string of the molecule is C[Si](Cl)(Cl)CCCS. The maximum atomic E-state index is 5.78. The molecule has 0 rings (SSSR count). The molecule has 0 radical (unpaired) electrons. The summed E-state index contributed by atoms with van der Waals surface area (Å²) in [4.78, 5) is 0. The predicted octanol–water partition coefficient (Wildman–Crippen LogP) is 2.86. The van der Waals surface area contributed by atoms with Crippen molar-refractivity contribution >= 4 is 41.5 Å². The van der Waals surface area contributed by atoms with Crippen LogP contribution in [0.25, 0.3) is 0 Å². The van der Waals surface area contributed by atoms with E-state index in [0.717, 1.165) is 18.2 Å². The summed E-state index contributed by atoms with van der Waals surface area (Å²) >= 11 is 15.6. The van der Waals surface area contributed by atoms with E-state index >= 15 is 0 Å². The second-order valence-electron chi connectivity index (χ2n) is 1.90. The monoisotopic (exact) mass is 188 g/mol. The van der Waals surface area contributed by atoms with Gasteiger partial charge < -0.3 is 0 Å². The standard InChI is InChI=1S/C4H10Cl2SSi/c1-8(5,6)4-2-3-7/h7H,2-4H2,1H3. The molecule has 0 fully saturated rings. The Morgan fingerprint density at radius 2 is 2.00 bits per heavy atom. The van der Waals surface area contributed by atoms with Gasteiger partial charge in [0.2, 0.25) is 6.69 Å². The molecule has 0 saturated heterocycles. The lowest BCUT2D eigenvalue weighted by Crippen LogP contribution is -2.11. The molecule has 50 valence electrons. The van der Waals surface area contributed by atoms with Crippen molar-refractivity contribution in [3.05, 3.63) is 0 Å². The molecule has 0 aliphatic rings. The molecule has 0 spiro atoms. The maximum Gasteiger partial charge on any atom is 0.248 e. The summed E-state index contributed by atoms with van der Waals surface area (Å²) in [5, 5.41) is 0. The van der Waals surface area contributed by atoms with Gasteiger partial charge in [-0.25, -0.2) is 0 Å². The molecule has 0 aliphatic carbocycles. The lowest BCUT2D eigenvalue weighted by molar-refractivity contribution is 1.09. The molecule has 0 aromatic heterocycles. The van der Waals surface area contributed by atoms with E-state index in [9.17, 15) is 0 Å². The first-order valence-electron chi connectivity index (χ1n) is 2.55. The molecule has 0 saturated carbocycles. The zero-order chi connectivity index (χ0) is 6.62. The first kappa shape index (κ1) is 9.15. The molecular weight excluding hydrogens is 179 g/mol. The van der Waals surface area contributed by atoms with Crippen molar-refractivity contribution < 1.29 is 0 Å². The highest BCUT2D eigenvalue weighted by Gasteiger charge is 2.18. The highest BCUT2D eigenvalue weighted by atomic mass is 35.7. The average molecular weight is 189 g/mol. The molecule has 8 heavy (non-hydrogen) atoms. The summed E-state index contributed by atoms with van der Waals surface area (Å²) < 4.78 is 0. The van der Waals surface area contributed by atoms with Crippen molar-refractivity contribution in [1.82, 2.24) is 0 Å². The van der Waals surface area contributed by atoms with Gasteiger partial charge in [-0.15, -0.1) is 22.2 Å². The Balaban J connectivity index is 3.11. The molecule has 0 nitrogen and oxygen atoms in total. The number of hydrogen-bond donors (Lipinski definition) is 1. The molecule has 0 bridgehead atoms. The van der Waals surface area contributed by atoms with Crippen LogP contribution in [0.15, 0.2) is 0 Å². The van der Waals surface area contributed by atoms with Crippen LogP contribution in [0.3, 0.4) is 0 Å². The van der Waals surface area contributed by atoms with Gasteiger partial charge in [0.15, 0.2) is 0 Å². The Morgan fingerprint density at radius 1 is 1.50 bits per heavy atom. The van der Waals surface area contributed by atoms with E-state index in [1.54, 1.807) is 0 Å². The molecule has 0 aliphatic heterocycles. The minimum absolute atomic E-state index is 0.891. The van der Waals surface area contributed by atoms with Gasteiger partial charge in [-0.3, -0.25) is 0 Å². The first-order chi connectivity index (χ1) is 3.56. The largest absolute Gasteiger partial charge is 0.248 e. The molecule has 0 heterocycles. The maximum absolute atomic E-state index is 5.78. The average Bonchev–Trinajstić information content (AvgIpc) is 1.59. The molecule has 0 aromatic rings. The third kappa shape index (κ3) is 7.15. The molecule has 0 unspecified atom stereocenters. The van der Waals surface area contributed by atoms with Crippen LogP contribution in [-0.4, -0.2) is 12.4 Å². The Kier molecular flexibility index (Phi) is 4.62. The van der Waals surface area contributed by atoms with Gasteiger partial charge in [0, 0.05) is 0 Å². The zero-order valence-corrected chi connectivity index (χ0v) is 8.23. The van der Waals surface area contributed by atoms with Crippen LogP contribution in [0.2, 0.25) is 12.6 Å². The van der Waals surface area contributed by atoms with Crippen LogP contribution < -0.4 is 0 Å². The number of halogens is 2. The van der Waals surface area contributed by atoms with Crippen LogP contribution in [0, 0.1) is 0 Å². The Hall–Kier alpha value is 1.15. The lowest BCUT2D eigenvalue weighted by Gasteiger charge is -2.06. The van der Waals surface area contributed by atoms with Crippen LogP contribution in [0.4, 0.5) is 0 Å². The van der Waals surface area contributed by atoms with Gasteiger partial charge in [-0.05, 0) is 24.8 Å². The van der Waals surface area contributed by atoms with Crippen molar-refractivity contribution in [2.45, 2.75) is 19.0 Å². The minimum Gasteiger partial charge on any atom is -0.179 e. The molecule has 4 heteroatoms. The summed E-state index contributed by atoms with van der Waals surface area (Å²) in [5.74, 6) is 0.891. The normalized spacial score (nSPS) is 12.0. The highest BCUT2D eigenvalue weighted by molar-refractivity contribution is 7.80. The van der Waals surface area contributed by atoms with Crippen LogP contribution >= 0.6 is 34.8 Å². The smallest absolute Gasteiger partial charge is 0.179 e. The second-order valence-corrected chi connectivity index (χ2v) is 10.6. The van der Waals surface area contributed by atoms with Gasteiger partial charge >= 0.3 is 0 Å². The molecule has 0 atom stereocenters. The summed E-state index contributed by atoms with van der Waals surface area (Å²) in [6.45, 7) is 0.147. The van der Waals surface area contributed by atoms with Crippen molar-refractivity contribution in [2.75, 3.05) is 5.75 Å². The Labute approximate surface area is 66.4 Å². The van der Waals surface area contributed by atoms with Gasteiger partial charge in [-0.2, -0.15) is 12.6 Å². The first-order valence-corrected chi connectivity index (χ1v) is 7.91. The quantitative estimate of drug-likeness (QED) is 0.394. The van der Waals surface area contributed by atoms with E-state index in [-0.39, 0.29) is 0 Å². The summed E-state index contributed by atoms with van der Waals surface area (Å²) in [5.41, 5.74) is 0. The topological polar surface area (TPSA) is 0 Å². The Morgan fingerprint density at radius 3 is 2.12 bits per heavy atom. The number of rotatable bonds is 3. The van der Waals surface area contributed by atoms with Gasteiger partial charge in [0.1, 0.15) is 0 Å². The lowest BCUT2D eigenvalue weighted by atomic mass is 10.6. The second kappa shape index (κ2) is 4.04. The summed E-state index contributed by atoms with van der Waals surface area (Å²) in [6, 6.07) is 0.958. The number of thiol groups is 1. The number of hydrogen-bond acceptors (Lipinski definition) is 1. The van der Waals surface area contributed by atoms with Crippen molar-refractivity contribution in [3.63, 3.8) is 0 Å². The van der Waals surface area contributed by atoms with Crippen molar-refractivity contribution in [1.29, 1.82) is 0 Å². The zero-order valence-electron chi connectivity index (χ0n) is 4.82. The van der Waals surface area contributed by atoms with Crippen LogP contribution in [-0.2, 0) is 0 Å². The van der Waals surface area contributed by atoms with E-state index < -0.39 is 6.69 Å². The fraction of sp³-hybridized carbons (Fsp3) is 1.00. The highest BCUT2D eigenvalue weighted by Crippen LogP contribution is 2.21. The molecule has 0 aromatic carbocycles. The molecule has 0 N–H and O–H groups in total. The third-order valence-corrected chi connectivity index (χ3v) is 3.46. The van der Waals surface area contributed by atoms with E-state index in [4.69, 9.17) is 22.2 Å². The van der Waals surface area contributed by atoms with E-state index in [1.165, 1.54) is 0 Å².